The molecule has 1 amide bonds. The summed E-state index contributed by atoms with van der Waals surface area (Å²) >= 11 is 0. The quantitative estimate of drug-likeness (QED) is 0.210. The van der Waals surface area contributed by atoms with Gasteiger partial charge >= 0.3 is 0 Å². The summed E-state index contributed by atoms with van der Waals surface area (Å²) in [5, 5.41) is 10.5. The lowest BCUT2D eigenvalue weighted by molar-refractivity contribution is 0.100. The van der Waals surface area contributed by atoms with Crippen molar-refractivity contribution < 1.29 is 9.53 Å². The molecule has 0 saturated carbocycles. The fourth-order valence-electron chi connectivity index (χ4n) is 3.47. The second kappa shape index (κ2) is 11.0. The van der Waals surface area contributed by atoms with Crippen LogP contribution < -0.4 is 26.8 Å². The van der Waals surface area contributed by atoms with Crippen LogP contribution in [0.5, 0.6) is 5.75 Å². The van der Waals surface area contributed by atoms with Crippen molar-refractivity contribution in [3.63, 3.8) is 0 Å². The minimum absolute atomic E-state index is 0.0864. The number of amidine groups is 1. The third-order valence-electron chi connectivity index (χ3n) is 5.25. The van der Waals surface area contributed by atoms with Crippen molar-refractivity contribution in [2.24, 2.45) is 23.5 Å². The molecule has 6 N–H and O–H groups in total. The molecule has 0 aliphatic heterocycles. The average Bonchev–Trinajstić information content (AvgIpc) is 3.34. The number of para-hydroxylation sites is 1. The van der Waals surface area contributed by atoms with Crippen LogP contribution in [-0.4, -0.2) is 50.6 Å². The van der Waals surface area contributed by atoms with Crippen molar-refractivity contribution in [3.05, 3.63) is 78.3 Å². The molecular weight excluding hydrogens is 472 g/mol. The number of hydrogen-bond acceptors (Lipinski definition) is 9. The Morgan fingerprint density at radius 3 is 2.54 bits per heavy atom. The Kier molecular flexibility index (Phi) is 7.38. The Bertz CT molecular complexity index is 1480. The number of aromatic nitrogens is 5. The van der Waals surface area contributed by atoms with Crippen molar-refractivity contribution >= 4 is 34.9 Å². The van der Waals surface area contributed by atoms with Crippen molar-refractivity contribution in [1.82, 2.24) is 24.7 Å². The summed E-state index contributed by atoms with van der Waals surface area (Å²) in [4.78, 5) is 29.3. The number of primary amides is 1. The van der Waals surface area contributed by atoms with Gasteiger partial charge in [-0.1, -0.05) is 36.4 Å². The Morgan fingerprint density at radius 1 is 1.11 bits per heavy atom. The molecule has 0 fully saturated rings. The number of hydrogen-bond donors (Lipinski definition) is 4. The number of carbonyl (C=O) groups is 1. The highest BCUT2D eigenvalue weighted by Crippen LogP contribution is 2.36. The molecule has 0 radical (unpaired) electrons. The van der Waals surface area contributed by atoms with E-state index in [9.17, 15) is 4.79 Å². The third-order valence-corrected chi connectivity index (χ3v) is 5.25. The lowest BCUT2D eigenvalue weighted by Crippen LogP contribution is -2.18. The van der Waals surface area contributed by atoms with Crippen LogP contribution in [0, 0.1) is 0 Å². The minimum Gasteiger partial charge on any atom is -0.494 e. The van der Waals surface area contributed by atoms with Gasteiger partial charge in [-0.15, -0.1) is 0 Å². The molecule has 0 atom stereocenters. The molecule has 0 unspecified atom stereocenters. The number of nitrogens with zero attached hydrogens (tertiary/aromatic N) is 6. The van der Waals surface area contributed by atoms with E-state index in [-0.39, 0.29) is 17.3 Å². The molecule has 0 spiro atoms. The highest BCUT2D eigenvalue weighted by molar-refractivity contribution is 6.07. The lowest BCUT2D eigenvalue weighted by atomic mass is 10.1. The van der Waals surface area contributed by atoms with Crippen LogP contribution >= 0.6 is 0 Å². The largest absolute Gasteiger partial charge is 0.494 e. The summed E-state index contributed by atoms with van der Waals surface area (Å²) in [6.07, 6.45) is 4.59. The molecule has 2 heterocycles. The Labute approximate surface area is 213 Å². The van der Waals surface area contributed by atoms with E-state index in [0.717, 1.165) is 5.56 Å². The maximum atomic E-state index is 12.1. The van der Waals surface area contributed by atoms with Gasteiger partial charge in [0, 0.05) is 32.1 Å². The molecule has 12 nitrogen and oxygen atoms in total. The Hall–Kier alpha value is -5.26. The fraction of sp³-hybridized carbons (Fsp3) is 0.120. The standard InChI is InChI=1S/C25H26N10O2/c1-28-20(12-18(26)15-8-5-4-6-9-15)32-25-29-13-17(22(27)36)24(33-25)31-19-11-7-10-16(21(19)37-3)23-30-14-35(2)34-23/h4-14H,26H2,1-3H3,(H2,27,36)(H2,28,29,31,32,33)/b18-12-. The second-order valence-electron chi connectivity index (χ2n) is 7.77. The van der Waals surface area contributed by atoms with Crippen molar-refractivity contribution in [2.75, 3.05) is 24.8 Å². The van der Waals surface area contributed by atoms with Crippen LogP contribution in [-0.2, 0) is 7.05 Å². The average molecular weight is 499 g/mol. The topological polar surface area (TPSA) is 171 Å². The highest BCUT2D eigenvalue weighted by atomic mass is 16.5. The molecule has 0 bridgehead atoms. The zero-order valence-electron chi connectivity index (χ0n) is 20.5. The van der Waals surface area contributed by atoms with Crippen LogP contribution in [0.1, 0.15) is 15.9 Å². The number of methoxy groups -OCH3 is 1. The van der Waals surface area contributed by atoms with E-state index in [1.807, 2.05) is 36.4 Å². The molecule has 4 rings (SSSR count). The van der Waals surface area contributed by atoms with Crippen molar-refractivity contribution in [1.29, 1.82) is 0 Å². The number of anilines is 3. The molecular formula is C25H26N10O2. The van der Waals surface area contributed by atoms with Gasteiger partial charge in [-0.2, -0.15) is 10.1 Å². The van der Waals surface area contributed by atoms with Crippen molar-refractivity contribution in [2.45, 2.75) is 0 Å². The van der Waals surface area contributed by atoms with Crippen LogP contribution in [0.3, 0.4) is 0 Å². The highest BCUT2D eigenvalue weighted by Gasteiger charge is 2.18. The Balaban J connectivity index is 1.67. The number of aryl methyl sites for hydroxylation is 1. The molecule has 0 saturated heterocycles. The monoisotopic (exact) mass is 498 g/mol. The first-order chi connectivity index (χ1) is 17.9. The van der Waals surface area contributed by atoms with Gasteiger partial charge in [0.25, 0.3) is 5.91 Å². The smallest absolute Gasteiger partial charge is 0.254 e. The number of aliphatic imine (C=N–C) groups is 1. The van der Waals surface area contributed by atoms with Crippen LogP contribution in [0.2, 0.25) is 0 Å². The predicted octanol–water partition coefficient (Wildman–Crippen LogP) is 2.56. The van der Waals surface area contributed by atoms with Gasteiger partial charge in [-0.05, 0) is 17.7 Å². The minimum atomic E-state index is -0.701. The molecule has 4 aromatic rings. The van der Waals surface area contributed by atoms with Gasteiger partial charge in [0.1, 0.15) is 23.5 Å². The number of nitrogens with one attached hydrogen (secondary N) is 2. The first-order valence-electron chi connectivity index (χ1n) is 11.1. The fourth-order valence-corrected chi connectivity index (χ4v) is 3.47. The van der Waals surface area contributed by atoms with Gasteiger partial charge in [0.15, 0.2) is 11.6 Å². The SMILES string of the molecule is CN=C(/C=C(\N)c1ccccc1)Nc1ncc(C(N)=O)c(Nc2cccc(-c3ncn(C)n3)c2OC)n1. The number of benzene rings is 2. The van der Waals surface area contributed by atoms with Gasteiger partial charge in [-0.25, -0.2) is 9.97 Å². The first-order valence-corrected chi connectivity index (χ1v) is 11.1. The summed E-state index contributed by atoms with van der Waals surface area (Å²) in [6, 6.07) is 14.9. The summed E-state index contributed by atoms with van der Waals surface area (Å²) in [6.45, 7) is 0. The van der Waals surface area contributed by atoms with E-state index < -0.39 is 5.91 Å². The molecule has 2 aromatic carbocycles. The molecule has 37 heavy (non-hydrogen) atoms. The molecule has 0 aliphatic rings. The zero-order valence-corrected chi connectivity index (χ0v) is 20.5. The zero-order chi connectivity index (χ0) is 26.4. The van der Waals surface area contributed by atoms with Gasteiger partial charge < -0.3 is 26.8 Å². The Morgan fingerprint density at radius 2 is 1.89 bits per heavy atom. The molecule has 0 aliphatic carbocycles. The normalized spacial score (nSPS) is 11.8. The molecule has 188 valence electrons. The maximum absolute atomic E-state index is 12.1. The number of nitrogens with two attached hydrogens (primary N) is 2. The number of amides is 1. The van der Waals surface area contributed by atoms with Crippen LogP contribution in [0.4, 0.5) is 17.5 Å². The van der Waals surface area contributed by atoms with E-state index in [2.05, 4.69) is 35.7 Å². The van der Waals surface area contributed by atoms with E-state index in [1.165, 1.54) is 13.3 Å². The van der Waals surface area contributed by atoms with Gasteiger partial charge in [0.05, 0.1) is 18.4 Å². The summed E-state index contributed by atoms with van der Waals surface area (Å²) in [5.74, 6) is 1.01. The van der Waals surface area contributed by atoms with E-state index >= 15 is 0 Å². The predicted molar refractivity (Wildman–Crippen MR) is 142 cm³/mol. The van der Waals surface area contributed by atoms with E-state index in [0.29, 0.717) is 34.4 Å². The second-order valence-corrected chi connectivity index (χ2v) is 7.77. The molecule has 12 heteroatoms. The number of rotatable bonds is 8. The van der Waals surface area contributed by atoms with Crippen LogP contribution in [0.25, 0.3) is 17.1 Å². The van der Waals surface area contributed by atoms with Gasteiger partial charge in [-0.3, -0.25) is 14.5 Å². The van der Waals surface area contributed by atoms with Gasteiger partial charge in [0.2, 0.25) is 5.95 Å². The number of ether oxygens (including phenoxy) is 1. The lowest BCUT2D eigenvalue weighted by Gasteiger charge is -2.15. The van der Waals surface area contributed by atoms with Crippen LogP contribution in [0.15, 0.2) is 72.1 Å². The first kappa shape index (κ1) is 24.9. The third kappa shape index (κ3) is 5.70. The van der Waals surface area contributed by atoms with Crippen molar-refractivity contribution in [3.8, 4) is 17.1 Å². The maximum Gasteiger partial charge on any atom is 0.254 e. The van der Waals surface area contributed by atoms with E-state index in [1.54, 1.807) is 43.3 Å². The summed E-state index contributed by atoms with van der Waals surface area (Å²) < 4.78 is 7.23. The summed E-state index contributed by atoms with van der Waals surface area (Å²) in [7, 11) is 4.91. The molecule has 2 aromatic heterocycles. The number of carbonyl (C=O) groups excluding carboxylic acids is 1. The van der Waals surface area contributed by atoms with E-state index in [4.69, 9.17) is 16.2 Å². The summed E-state index contributed by atoms with van der Waals surface area (Å²) in [5.41, 5.74) is 14.4.